The standard InChI is InChI=1S/C25H40N4O5S/c1-15(2)13-18(26)22(30)29-21(16(3)4)24(32)28-20(14-17-9-7-6-8-10-17)23(31)27-19(25(33)34)11-12-35-5/h6-10,15-16,18-21H,11-14,26H2,1-5H3,(H,27,31)(H,28,32)(H,29,30)(H,33,34). The zero-order valence-corrected chi connectivity index (χ0v) is 22.1. The quantitative estimate of drug-likeness (QED) is 0.241. The number of aliphatic carboxylic acids is 1. The molecule has 4 unspecified atom stereocenters. The van der Waals surface area contributed by atoms with Crippen LogP contribution < -0.4 is 21.7 Å². The lowest BCUT2D eigenvalue weighted by molar-refractivity contribution is -0.142. The van der Waals surface area contributed by atoms with Gasteiger partial charge < -0.3 is 26.8 Å². The highest BCUT2D eigenvalue weighted by Gasteiger charge is 2.31. The van der Waals surface area contributed by atoms with Gasteiger partial charge in [0.25, 0.3) is 0 Å². The molecular formula is C25H40N4O5S. The number of carboxylic acid groups (broad SMARTS) is 1. The summed E-state index contributed by atoms with van der Waals surface area (Å²) >= 11 is 1.48. The second kappa shape index (κ2) is 15.4. The van der Waals surface area contributed by atoms with Crippen molar-refractivity contribution in [1.82, 2.24) is 16.0 Å². The number of amides is 3. The maximum atomic E-state index is 13.2. The molecule has 1 aromatic rings. The Morgan fingerprint density at radius 1 is 0.914 bits per heavy atom. The van der Waals surface area contributed by atoms with E-state index in [4.69, 9.17) is 5.73 Å². The minimum Gasteiger partial charge on any atom is -0.480 e. The fourth-order valence-corrected chi connectivity index (χ4v) is 3.97. The van der Waals surface area contributed by atoms with Crippen LogP contribution in [0.25, 0.3) is 0 Å². The van der Waals surface area contributed by atoms with Crippen LogP contribution in [-0.2, 0) is 25.6 Å². The number of nitrogens with one attached hydrogen (secondary N) is 3. The average molecular weight is 509 g/mol. The maximum absolute atomic E-state index is 13.2. The fraction of sp³-hybridized carbons (Fsp3) is 0.600. The van der Waals surface area contributed by atoms with E-state index in [1.165, 1.54) is 11.8 Å². The highest BCUT2D eigenvalue weighted by Crippen LogP contribution is 2.09. The van der Waals surface area contributed by atoms with Crippen LogP contribution in [-0.4, -0.2) is 65.0 Å². The molecule has 10 heteroatoms. The second-order valence-corrected chi connectivity index (χ2v) is 10.4. The number of carbonyl (C=O) groups is 4. The molecule has 3 amide bonds. The molecule has 0 saturated carbocycles. The summed E-state index contributed by atoms with van der Waals surface area (Å²) in [6, 6.07) is 5.37. The van der Waals surface area contributed by atoms with Crippen LogP contribution in [0.5, 0.6) is 0 Å². The van der Waals surface area contributed by atoms with Crippen LogP contribution in [0.15, 0.2) is 30.3 Å². The van der Waals surface area contributed by atoms with E-state index in [1.807, 2.05) is 50.4 Å². The van der Waals surface area contributed by atoms with Crippen molar-refractivity contribution in [2.75, 3.05) is 12.0 Å². The molecule has 1 rings (SSSR count). The molecule has 196 valence electrons. The lowest BCUT2D eigenvalue weighted by atomic mass is 9.99. The van der Waals surface area contributed by atoms with E-state index in [0.717, 1.165) is 5.56 Å². The summed E-state index contributed by atoms with van der Waals surface area (Å²) in [5.41, 5.74) is 6.78. The number of thioether (sulfide) groups is 1. The van der Waals surface area contributed by atoms with Crippen molar-refractivity contribution in [3.05, 3.63) is 35.9 Å². The van der Waals surface area contributed by atoms with E-state index in [0.29, 0.717) is 12.2 Å². The highest BCUT2D eigenvalue weighted by atomic mass is 32.2. The first-order valence-corrected chi connectivity index (χ1v) is 13.3. The van der Waals surface area contributed by atoms with Crippen LogP contribution in [0.4, 0.5) is 0 Å². The Bertz CT molecular complexity index is 834. The number of nitrogens with two attached hydrogens (primary N) is 1. The minimum atomic E-state index is -1.14. The fourth-order valence-electron chi connectivity index (χ4n) is 3.50. The third-order valence-corrected chi connectivity index (χ3v) is 6.09. The van der Waals surface area contributed by atoms with Gasteiger partial charge in [-0.05, 0) is 42.2 Å². The summed E-state index contributed by atoms with van der Waals surface area (Å²) in [6.45, 7) is 7.48. The lowest BCUT2D eigenvalue weighted by Gasteiger charge is -2.27. The number of carboxylic acids is 1. The molecular weight excluding hydrogens is 468 g/mol. The van der Waals surface area contributed by atoms with Gasteiger partial charge >= 0.3 is 5.97 Å². The molecule has 0 saturated heterocycles. The molecule has 4 atom stereocenters. The molecule has 35 heavy (non-hydrogen) atoms. The predicted octanol–water partition coefficient (Wildman–Crippen LogP) is 1.55. The molecule has 0 aliphatic heterocycles. The molecule has 0 aromatic heterocycles. The Kier molecular flexibility index (Phi) is 13.4. The van der Waals surface area contributed by atoms with Gasteiger partial charge in [-0.1, -0.05) is 58.0 Å². The number of benzene rings is 1. The van der Waals surface area contributed by atoms with Gasteiger partial charge in [-0.25, -0.2) is 4.79 Å². The van der Waals surface area contributed by atoms with Gasteiger partial charge in [0.05, 0.1) is 6.04 Å². The molecule has 0 aliphatic rings. The van der Waals surface area contributed by atoms with Crippen LogP contribution in [0.2, 0.25) is 0 Å². The van der Waals surface area contributed by atoms with Gasteiger partial charge in [-0.3, -0.25) is 14.4 Å². The lowest BCUT2D eigenvalue weighted by Crippen LogP contribution is -2.59. The molecule has 0 heterocycles. The number of hydrogen-bond acceptors (Lipinski definition) is 6. The molecule has 9 nitrogen and oxygen atoms in total. The van der Waals surface area contributed by atoms with Gasteiger partial charge in [-0.2, -0.15) is 11.8 Å². The van der Waals surface area contributed by atoms with E-state index in [-0.39, 0.29) is 24.7 Å². The Hall–Kier alpha value is -2.59. The van der Waals surface area contributed by atoms with Crippen LogP contribution in [0.1, 0.15) is 46.1 Å². The zero-order valence-electron chi connectivity index (χ0n) is 21.2. The summed E-state index contributed by atoms with van der Waals surface area (Å²) in [7, 11) is 0. The van der Waals surface area contributed by atoms with Crippen LogP contribution in [0, 0.1) is 11.8 Å². The summed E-state index contributed by atoms with van der Waals surface area (Å²) in [5.74, 6) is -2.18. The first-order valence-electron chi connectivity index (χ1n) is 11.9. The van der Waals surface area contributed by atoms with Gasteiger partial charge in [0, 0.05) is 6.42 Å². The van der Waals surface area contributed by atoms with Crippen molar-refractivity contribution in [2.45, 2.75) is 71.1 Å². The van der Waals surface area contributed by atoms with Crippen molar-refractivity contribution in [1.29, 1.82) is 0 Å². The third kappa shape index (κ3) is 11.1. The third-order valence-electron chi connectivity index (χ3n) is 5.45. The number of carbonyl (C=O) groups excluding carboxylic acids is 3. The zero-order chi connectivity index (χ0) is 26.5. The Balaban J connectivity index is 3.06. The monoisotopic (exact) mass is 508 g/mol. The molecule has 6 N–H and O–H groups in total. The van der Waals surface area contributed by atoms with Gasteiger partial charge in [0.2, 0.25) is 17.7 Å². The summed E-state index contributed by atoms with van der Waals surface area (Å²) in [6.07, 6.45) is 2.75. The summed E-state index contributed by atoms with van der Waals surface area (Å²) < 4.78 is 0. The average Bonchev–Trinajstić information content (AvgIpc) is 2.79. The molecule has 0 radical (unpaired) electrons. The maximum Gasteiger partial charge on any atom is 0.326 e. The van der Waals surface area contributed by atoms with Crippen molar-refractivity contribution in [3.8, 4) is 0 Å². The highest BCUT2D eigenvalue weighted by molar-refractivity contribution is 7.98. The SMILES string of the molecule is CSCCC(NC(=O)C(Cc1ccccc1)NC(=O)C(NC(=O)C(N)CC(C)C)C(C)C)C(=O)O. The largest absolute Gasteiger partial charge is 0.480 e. The van der Waals surface area contributed by atoms with E-state index in [1.54, 1.807) is 13.8 Å². The number of hydrogen-bond donors (Lipinski definition) is 5. The molecule has 0 bridgehead atoms. The van der Waals surface area contributed by atoms with Crippen molar-refractivity contribution in [2.24, 2.45) is 17.6 Å². The van der Waals surface area contributed by atoms with Gasteiger partial charge in [0.1, 0.15) is 18.1 Å². The topological polar surface area (TPSA) is 151 Å². The Morgan fingerprint density at radius 3 is 2.03 bits per heavy atom. The van der Waals surface area contributed by atoms with E-state index in [2.05, 4.69) is 16.0 Å². The smallest absolute Gasteiger partial charge is 0.326 e. The van der Waals surface area contributed by atoms with E-state index in [9.17, 15) is 24.3 Å². The summed E-state index contributed by atoms with van der Waals surface area (Å²) in [4.78, 5) is 50.5. The predicted molar refractivity (Wildman–Crippen MR) is 139 cm³/mol. The van der Waals surface area contributed by atoms with Crippen molar-refractivity contribution < 1.29 is 24.3 Å². The molecule has 0 spiro atoms. The van der Waals surface area contributed by atoms with Gasteiger partial charge in [0.15, 0.2) is 0 Å². The second-order valence-electron chi connectivity index (χ2n) is 9.40. The molecule has 0 fully saturated rings. The van der Waals surface area contributed by atoms with Gasteiger partial charge in [-0.15, -0.1) is 0 Å². The van der Waals surface area contributed by atoms with E-state index >= 15 is 0 Å². The summed E-state index contributed by atoms with van der Waals surface area (Å²) in [5, 5.41) is 17.5. The Morgan fingerprint density at radius 2 is 1.51 bits per heavy atom. The van der Waals surface area contributed by atoms with Crippen molar-refractivity contribution in [3.63, 3.8) is 0 Å². The van der Waals surface area contributed by atoms with Crippen LogP contribution in [0.3, 0.4) is 0 Å². The first-order chi connectivity index (χ1) is 16.5. The number of rotatable bonds is 15. The first kappa shape index (κ1) is 30.4. The Labute approximate surface area is 212 Å². The molecule has 1 aromatic carbocycles. The van der Waals surface area contributed by atoms with E-state index < -0.39 is 47.9 Å². The molecule has 0 aliphatic carbocycles. The van der Waals surface area contributed by atoms with Crippen molar-refractivity contribution >= 4 is 35.5 Å². The minimum absolute atomic E-state index is 0.166. The van der Waals surface area contributed by atoms with Crippen LogP contribution >= 0.6 is 11.8 Å². The normalized spacial score (nSPS) is 14.6.